The molecule has 0 saturated heterocycles. The average molecular weight is 502 g/mol. The maximum Gasteiger partial charge on any atom is 0.514 e. The molecule has 36 heavy (non-hydrogen) atoms. The second-order valence-electron chi connectivity index (χ2n) is 8.93. The fraction of sp³-hybridized carbons (Fsp3) is 0.462. The molecule has 0 radical (unpaired) electrons. The van der Waals surface area contributed by atoms with Crippen molar-refractivity contribution in [3.8, 4) is 17.2 Å². The Morgan fingerprint density at radius 2 is 1.69 bits per heavy atom. The summed E-state index contributed by atoms with van der Waals surface area (Å²) in [7, 11) is 1.52. The van der Waals surface area contributed by atoms with E-state index >= 15 is 0 Å². The molecule has 1 N–H and O–H groups in total. The lowest BCUT2D eigenvalue weighted by atomic mass is 9.82. The van der Waals surface area contributed by atoms with Gasteiger partial charge in [0.1, 0.15) is 23.5 Å². The number of nitrogens with one attached hydrogen (secondary N) is 1. The zero-order valence-corrected chi connectivity index (χ0v) is 20.6. The Labute approximate surface area is 208 Å². The van der Waals surface area contributed by atoms with Crippen LogP contribution in [0.1, 0.15) is 45.3 Å². The number of amides is 1. The molecule has 0 bridgehead atoms. The maximum absolute atomic E-state index is 12.5. The Morgan fingerprint density at radius 1 is 1.03 bits per heavy atom. The van der Waals surface area contributed by atoms with E-state index in [9.17, 15) is 19.2 Å². The molecular formula is C26H31NO9. The summed E-state index contributed by atoms with van der Waals surface area (Å²) in [5.41, 5.74) is -0.568. The summed E-state index contributed by atoms with van der Waals surface area (Å²) >= 11 is 0. The van der Waals surface area contributed by atoms with Crippen molar-refractivity contribution >= 4 is 18.0 Å². The van der Waals surface area contributed by atoms with Crippen molar-refractivity contribution in [3.05, 3.63) is 52.6 Å². The third-order valence-electron chi connectivity index (χ3n) is 5.93. The molecule has 1 aromatic carbocycles. The summed E-state index contributed by atoms with van der Waals surface area (Å²) in [5.74, 6) is 0.178. The van der Waals surface area contributed by atoms with E-state index < -0.39 is 17.6 Å². The molecule has 2 aromatic rings. The molecule has 0 spiro atoms. The van der Waals surface area contributed by atoms with Crippen LogP contribution in [0.3, 0.4) is 0 Å². The van der Waals surface area contributed by atoms with Gasteiger partial charge in [0.25, 0.3) is 0 Å². The van der Waals surface area contributed by atoms with Crippen molar-refractivity contribution in [2.75, 3.05) is 13.7 Å². The number of benzene rings is 1. The smallest absolute Gasteiger partial charge is 0.497 e. The molecule has 1 aromatic heterocycles. The van der Waals surface area contributed by atoms with Crippen LogP contribution in [0.5, 0.6) is 17.2 Å². The predicted octanol–water partition coefficient (Wildman–Crippen LogP) is 3.85. The number of hydrogen-bond donors (Lipinski definition) is 1. The fourth-order valence-electron chi connectivity index (χ4n) is 3.73. The summed E-state index contributed by atoms with van der Waals surface area (Å²) in [4.78, 5) is 48.5. The van der Waals surface area contributed by atoms with Crippen LogP contribution < -0.4 is 25.0 Å². The Hall–Kier alpha value is -3.82. The number of methoxy groups -OCH3 is 1. The van der Waals surface area contributed by atoms with Gasteiger partial charge in [0, 0.05) is 18.5 Å². The molecule has 10 nitrogen and oxygen atoms in total. The van der Waals surface area contributed by atoms with Crippen LogP contribution in [-0.4, -0.2) is 31.7 Å². The van der Waals surface area contributed by atoms with Crippen LogP contribution in [0.15, 0.2) is 45.8 Å². The van der Waals surface area contributed by atoms with Gasteiger partial charge in [-0.1, -0.05) is 13.8 Å². The number of carbonyl (C=O) groups excluding carboxylic acids is 3. The van der Waals surface area contributed by atoms with E-state index in [1.54, 1.807) is 24.3 Å². The van der Waals surface area contributed by atoms with Gasteiger partial charge in [-0.2, -0.15) is 0 Å². The molecular weight excluding hydrogens is 470 g/mol. The van der Waals surface area contributed by atoms with Crippen LogP contribution in [0.25, 0.3) is 0 Å². The maximum atomic E-state index is 12.5. The number of carbonyl (C=O) groups is 3. The number of rotatable bonds is 9. The van der Waals surface area contributed by atoms with Gasteiger partial charge in [-0.05, 0) is 55.9 Å². The number of ether oxygens (including phenoxy) is 4. The first-order valence-corrected chi connectivity index (χ1v) is 11.8. The van der Waals surface area contributed by atoms with Crippen molar-refractivity contribution in [1.82, 2.24) is 5.32 Å². The highest BCUT2D eigenvalue weighted by Crippen LogP contribution is 2.29. The highest BCUT2D eigenvalue weighted by molar-refractivity contribution is 5.77. The SMILES string of the molecule is COc1ccc(OC(=O)OCc2cc(=O)c(OC(=O)C3CCC(CNC(=O)C(C)C)CC3)co2)cc1. The van der Waals surface area contributed by atoms with Gasteiger partial charge >= 0.3 is 12.1 Å². The fourth-order valence-corrected chi connectivity index (χ4v) is 3.73. The van der Waals surface area contributed by atoms with E-state index in [0.29, 0.717) is 31.1 Å². The van der Waals surface area contributed by atoms with Crippen LogP contribution in [0.4, 0.5) is 4.79 Å². The van der Waals surface area contributed by atoms with Crippen molar-refractivity contribution < 1.29 is 37.7 Å². The number of hydrogen-bond acceptors (Lipinski definition) is 9. The zero-order chi connectivity index (χ0) is 26.1. The summed E-state index contributed by atoms with van der Waals surface area (Å²) in [5, 5.41) is 2.93. The molecule has 1 aliphatic carbocycles. The summed E-state index contributed by atoms with van der Waals surface area (Å²) < 4.78 is 25.6. The van der Waals surface area contributed by atoms with E-state index in [1.807, 2.05) is 13.8 Å². The van der Waals surface area contributed by atoms with Crippen molar-refractivity contribution in [2.45, 2.75) is 46.1 Å². The van der Waals surface area contributed by atoms with Crippen molar-refractivity contribution in [2.24, 2.45) is 17.8 Å². The van der Waals surface area contributed by atoms with Gasteiger partial charge in [0.05, 0.1) is 13.0 Å². The second-order valence-corrected chi connectivity index (χ2v) is 8.93. The monoisotopic (exact) mass is 501 g/mol. The molecule has 10 heteroatoms. The van der Waals surface area contributed by atoms with Crippen LogP contribution in [0, 0.1) is 17.8 Å². The Balaban J connectivity index is 1.43. The minimum Gasteiger partial charge on any atom is -0.497 e. The van der Waals surface area contributed by atoms with Crippen molar-refractivity contribution in [3.63, 3.8) is 0 Å². The van der Waals surface area contributed by atoms with Gasteiger partial charge < -0.3 is 28.7 Å². The topological polar surface area (TPSA) is 130 Å². The van der Waals surface area contributed by atoms with Crippen molar-refractivity contribution in [1.29, 1.82) is 0 Å². The first kappa shape index (κ1) is 26.8. The molecule has 1 heterocycles. The lowest BCUT2D eigenvalue weighted by molar-refractivity contribution is -0.140. The highest BCUT2D eigenvalue weighted by Gasteiger charge is 2.28. The normalized spacial score (nSPS) is 17.2. The minimum absolute atomic E-state index is 0.0197. The molecule has 0 aliphatic heterocycles. The van der Waals surface area contributed by atoms with Gasteiger partial charge in [0.15, 0.2) is 6.61 Å². The summed E-state index contributed by atoms with van der Waals surface area (Å²) in [6, 6.07) is 7.43. The Bertz CT molecular complexity index is 1100. The first-order valence-electron chi connectivity index (χ1n) is 11.8. The van der Waals surface area contributed by atoms with Gasteiger partial charge in [-0.25, -0.2) is 4.79 Å². The van der Waals surface area contributed by atoms with Gasteiger partial charge in [0.2, 0.25) is 17.1 Å². The second kappa shape index (κ2) is 12.8. The highest BCUT2D eigenvalue weighted by atomic mass is 16.7. The number of esters is 1. The van der Waals surface area contributed by atoms with Crippen LogP contribution in [0.2, 0.25) is 0 Å². The lowest BCUT2D eigenvalue weighted by Gasteiger charge is -2.27. The largest absolute Gasteiger partial charge is 0.514 e. The molecule has 0 unspecified atom stereocenters. The lowest BCUT2D eigenvalue weighted by Crippen LogP contribution is -2.35. The van der Waals surface area contributed by atoms with Crippen LogP contribution >= 0.6 is 0 Å². The van der Waals surface area contributed by atoms with Gasteiger partial charge in [-0.3, -0.25) is 14.4 Å². The van der Waals surface area contributed by atoms with Crippen LogP contribution in [-0.2, 0) is 20.9 Å². The Kier molecular flexibility index (Phi) is 9.49. The third-order valence-corrected chi connectivity index (χ3v) is 5.93. The molecule has 194 valence electrons. The first-order chi connectivity index (χ1) is 17.2. The standard InChI is InChI=1S/C26H31NO9/c1-16(2)24(29)27-13-17-4-6-18(7-5-17)25(30)36-23-15-33-21(12-22(23)28)14-34-26(31)35-20-10-8-19(32-3)9-11-20/h8-12,15-18H,4-7,13-14H2,1-3H3,(H,27,29). The molecule has 1 amide bonds. The van der Waals surface area contributed by atoms with E-state index in [1.165, 1.54) is 7.11 Å². The molecule has 1 saturated carbocycles. The van der Waals surface area contributed by atoms with E-state index in [2.05, 4.69) is 5.32 Å². The molecule has 0 atom stereocenters. The quantitative estimate of drug-likeness (QED) is 0.402. The zero-order valence-electron chi connectivity index (χ0n) is 20.6. The molecule has 1 aliphatic rings. The third kappa shape index (κ3) is 7.86. The summed E-state index contributed by atoms with van der Waals surface area (Å²) in [6.45, 7) is 3.95. The van der Waals surface area contributed by atoms with Gasteiger partial charge in [-0.15, -0.1) is 0 Å². The van der Waals surface area contributed by atoms with E-state index in [-0.39, 0.29) is 41.6 Å². The average Bonchev–Trinajstić information content (AvgIpc) is 2.88. The summed E-state index contributed by atoms with van der Waals surface area (Å²) in [6.07, 6.45) is 2.87. The molecule has 3 rings (SSSR count). The predicted molar refractivity (Wildman–Crippen MR) is 128 cm³/mol. The molecule has 1 fully saturated rings. The minimum atomic E-state index is -0.974. The Morgan fingerprint density at radius 3 is 2.31 bits per heavy atom. The van der Waals surface area contributed by atoms with E-state index in [4.69, 9.17) is 23.4 Å². The van der Waals surface area contributed by atoms with E-state index in [0.717, 1.165) is 25.2 Å².